The number of aryl methyl sites for hydroxylation is 1. The van der Waals surface area contributed by atoms with Crippen LogP contribution < -0.4 is 0 Å². The summed E-state index contributed by atoms with van der Waals surface area (Å²) in [5.74, 6) is -1.30. The molecule has 1 rings (SSSR count). The summed E-state index contributed by atoms with van der Waals surface area (Å²) < 4.78 is 4.75. The SMILES string of the molecule is Cc1noc(Cl)c1CCC(=O)N(C)CC(=O)O. The fraction of sp³-hybridized carbons (Fsp3) is 0.500. The molecule has 7 heteroatoms. The van der Waals surface area contributed by atoms with Crippen LogP contribution in [0.15, 0.2) is 4.52 Å². The van der Waals surface area contributed by atoms with Gasteiger partial charge in [-0.2, -0.15) is 0 Å². The molecule has 94 valence electrons. The maximum Gasteiger partial charge on any atom is 0.323 e. The van der Waals surface area contributed by atoms with Crippen molar-refractivity contribution in [2.45, 2.75) is 19.8 Å². The zero-order valence-corrected chi connectivity index (χ0v) is 10.3. The monoisotopic (exact) mass is 260 g/mol. The lowest BCUT2D eigenvalue weighted by molar-refractivity contribution is -0.143. The normalized spacial score (nSPS) is 10.3. The van der Waals surface area contributed by atoms with Gasteiger partial charge in [-0.15, -0.1) is 0 Å². The van der Waals surface area contributed by atoms with E-state index in [-0.39, 0.29) is 24.1 Å². The van der Waals surface area contributed by atoms with Gasteiger partial charge >= 0.3 is 5.97 Å². The number of halogens is 1. The van der Waals surface area contributed by atoms with Gasteiger partial charge in [0, 0.05) is 19.0 Å². The van der Waals surface area contributed by atoms with Gasteiger partial charge in [-0.1, -0.05) is 5.16 Å². The molecule has 0 atom stereocenters. The number of hydrogen-bond donors (Lipinski definition) is 1. The lowest BCUT2D eigenvalue weighted by Gasteiger charge is -2.13. The van der Waals surface area contributed by atoms with E-state index in [2.05, 4.69) is 5.16 Å². The van der Waals surface area contributed by atoms with E-state index in [9.17, 15) is 9.59 Å². The Kier molecular flexibility index (Phi) is 4.51. The third kappa shape index (κ3) is 3.74. The highest BCUT2D eigenvalue weighted by atomic mass is 35.5. The molecule has 1 N–H and O–H groups in total. The number of carbonyl (C=O) groups is 2. The van der Waals surface area contributed by atoms with Crippen LogP contribution in [0.4, 0.5) is 0 Å². The first-order valence-corrected chi connectivity index (χ1v) is 5.36. The van der Waals surface area contributed by atoms with Crippen molar-refractivity contribution in [2.24, 2.45) is 0 Å². The van der Waals surface area contributed by atoms with Crippen LogP contribution in [-0.4, -0.2) is 40.6 Å². The predicted molar refractivity (Wildman–Crippen MR) is 59.8 cm³/mol. The van der Waals surface area contributed by atoms with Gasteiger partial charge in [0.2, 0.25) is 11.1 Å². The minimum Gasteiger partial charge on any atom is -0.480 e. The van der Waals surface area contributed by atoms with E-state index in [4.69, 9.17) is 21.2 Å². The van der Waals surface area contributed by atoms with Crippen molar-refractivity contribution in [3.63, 3.8) is 0 Å². The number of nitrogens with zero attached hydrogens (tertiary/aromatic N) is 2. The molecule has 0 aliphatic heterocycles. The molecule has 0 saturated heterocycles. The first kappa shape index (κ1) is 13.5. The summed E-state index contributed by atoms with van der Waals surface area (Å²) in [6, 6.07) is 0. The van der Waals surface area contributed by atoms with Crippen LogP contribution in [0.25, 0.3) is 0 Å². The third-order valence-corrected chi connectivity index (χ3v) is 2.62. The second-order valence-electron chi connectivity index (χ2n) is 3.66. The highest BCUT2D eigenvalue weighted by Gasteiger charge is 2.16. The fourth-order valence-electron chi connectivity index (χ4n) is 1.35. The topological polar surface area (TPSA) is 83.6 Å². The van der Waals surface area contributed by atoms with Crippen LogP contribution in [0.3, 0.4) is 0 Å². The molecule has 0 radical (unpaired) electrons. The van der Waals surface area contributed by atoms with Crippen molar-refractivity contribution in [3.05, 3.63) is 16.5 Å². The Bertz CT molecular complexity index is 410. The summed E-state index contributed by atoms with van der Waals surface area (Å²) in [7, 11) is 1.44. The lowest BCUT2D eigenvalue weighted by atomic mass is 10.1. The summed E-state index contributed by atoms with van der Waals surface area (Å²) in [5.41, 5.74) is 1.33. The van der Waals surface area contributed by atoms with Crippen LogP contribution in [0.2, 0.25) is 5.22 Å². The molecule has 1 aromatic heterocycles. The standard InChI is InChI=1S/C10H13ClN2O4/c1-6-7(10(11)17-12-6)3-4-8(14)13(2)5-9(15)16/h3-5H2,1-2H3,(H,15,16). The van der Waals surface area contributed by atoms with Crippen molar-refractivity contribution in [2.75, 3.05) is 13.6 Å². The van der Waals surface area contributed by atoms with Crippen molar-refractivity contribution >= 4 is 23.5 Å². The Labute approximate surface area is 103 Å². The predicted octanol–water partition coefficient (Wildman–Crippen LogP) is 1.11. The molecule has 0 aliphatic rings. The second kappa shape index (κ2) is 5.67. The van der Waals surface area contributed by atoms with Gasteiger partial charge in [0.05, 0.1) is 5.69 Å². The first-order chi connectivity index (χ1) is 7.91. The number of carboxylic acid groups (broad SMARTS) is 1. The highest BCUT2D eigenvalue weighted by Crippen LogP contribution is 2.20. The summed E-state index contributed by atoms with van der Waals surface area (Å²) in [4.78, 5) is 23.1. The van der Waals surface area contributed by atoms with Crippen molar-refractivity contribution < 1.29 is 19.2 Å². The van der Waals surface area contributed by atoms with Crippen LogP contribution >= 0.6 is 11.6 Å². The molecule has 0 spiro atoms. The largest absolute Gasteiger partial charge is 0.480 e. The molecular weight excluding hydrogens is 248 g/mol. The second-order valence-corrected chi connectivity index (χ2v) is 4.01. The Balaban J connectivity index is 2.51. The quantitative estimate of drug-likeness (QED) is 0.857. The van der Waals surface area contributed by atoms with Gasteiger partial charge < -0.3 is 14.5 Å². The average molecular weight is 261 g/mol. The van der Waals surface area contributed by atoms with Gasteiger partial charge in [0.1, 0.15) is 6.54 Å². The number of likely N-dealkylation sites (N-methyl/N-ethyl adjacent to an activating group) is 1. The minimum absolute atomic E-state index is 0.172. The summed E-state index contributed by atoms with van der Waals surface area (Å²) >= 11 is 5.74. The number of aromatic nitrogens is 1. The van der Waals surface area contributed by atoms with Crippen LogP contribution in [0.5, 0.6) is 0 Å². The Morgan fingerprint density at radius 1 is 1.53 bits per heavy atom. The van der Waals surface area contributed by atoms with E-state index in [1.165, 1.54) is 7.05 Å². The fourth-order valence-corrected chi connectivity index (χ4v) is 1.62. The van der Waals surface area contributed by atoms with E-state index in [1.807, 2.05) is 0 Å². The maximum absolute atomic E-state index is 11.6. The van der Waals surface area contributed by atoms with Gasteiger partial charge in [0.25, 0.3) is 0 Å². The van der Waals surface area contributed by atoms with Crippen LogP contribution in [0.1, 0.15) is 17.7 Å². The number of aliphatic carboxylic acids is 1. The average Bonchev–Trinajstić information content (AvgIpc) is 2.54. The van der Waals surface area contributed by atoms with Gasteiger partial charge in [-0.05, 0) is 24.9 Å². The highest BCUT2D eigenvalue weighted by molar-refractivity contribution is 6.29. The number of carbonyl (C=O) groups excluding carboxylic acids is 1. The molecule has 1 heterocycles. The summed E-state index contributed by atoms with van der Waals surface area (Å²) in [5, 5.41) is 12.4. The molecule has 1 aromatic rings. The Morgan fingerprint density at radius 2 is 2.18 bits per heavy atom. The first-order valence-electron chi connectivity index (χ1n) is 4.98. The van der Waals surface area contributed by atoms with Gasteiger partial charge in [-0.3, -0.25) is 9.59 Å². The Morgan fingerprint density at radius 3 is 2.65 bits per heavy atom. The zero-order valence-electron chi connectivity index (χ0n) is 9.57. The number of hydrogen-bond acceptors (Lipinski definition) is 4. The molecular formula is C10H13ClN2O4. The molecule has 0 bridgehead atoms. The van der Waals surface area contributed by atoms with E-state index in [1.54, 1.807) is 6.92 Å². The molecule has 1 amide bonds. The summed E-state index contributed by atoms with van der Waals surface area (Å²) in [6.07, 6.45) is 0.558. The van der Waals surface area contributed by atoms with Crippen molar-refractivity contribution in [3.8, 4) is 0 Å². The number of amides is 1. The molecule has 0 aliphatic carbocycles. The number of carboxylic acids is 1. The van der Waals surface area contributed by atoms with E-state index in [0.29, 0.717) is 17.7 Å². The maximum atomic E-state index is 11.6. The van der Waals surface area contributed by atoms with E-state index >= 15 is 0 Å². The lowest BCUT2D eigenvalue weighted by Crippen LogP contribution is -2.32. The van der Waals surface area contributed by atoms with Crippen molar-refractivity contribution in [1.29, 1.82) is 0 Å². The molecule has 0 unspecified atom stereocenters. The van der Waals surface area contributed by atoms with E-state index in [0.717, 1.165) is 4.90 Å². The molecule has 17 heavy (non-hydrogen) atoms. The third-order valence-electron chi connectivity index (χ3n) is 2.32. The number of rotatable bonds is 5. The van der Waals surface area contributed by atoms with Crippen LogP contribution in [0, 0.1) is 6.92 Å². The zero-order chi connectivity index (χ0) is 13.0. The smallest absolute Gasteiger partial charge is 0.323 e. The molecule has 0 fully saturated rings. The molecule has 0 saturated carbocycles. The summed E-state index contributed by atoms with van der Waals surface area (Å²) in [6.45, 7) is 1.42. The molecule has 0 aromatic carbocycles. The van der Waals surface area contributed by atoms with Crippen LogP contribution in [-0.2, 0) is 16.0 Å². The van der Waals surface area contributed by atoms with Crippen molar-refractivity contribution in [1.82, 2.24) is 10.1 Å². The Hall–Kier alpha value is -1.56. The molecule has 6 nitrogen and oxygen atoms in total. The van der Waals surface area contributed by atoms with Gasteiger partial charge in [0.15, 0.2) is 0 Å². The van der Waals surface area contributed by atoms with E-state index < -0.39 is 5.97 Å². The van der Waals surface area contributed by atoms with Gasteiger partial charge in [-0.25, -0.2) is 0 Å². The minimum atomic E-state index is -1.04.